The minimum Gasteiger partial charge on any atom is -0.497 e. The third kappa shape index (κ3) is 4.43. The average Bonchev–Trinajstić information content (AvgIpc) is 2.68. The lowest BCUT2D eigenvalue weighted by molar-refractivity contribution is 0.414. The summed E-state index contributed by atoms with van der Waals surface area (Å²) in [6, 6.07) is 25.0. The highest BCUT2D eigenvalue weighted by Crippen LogP contribution is 2.31. The minimum atomic E-state index is 0.628. The summed E-state index contributed by atoms with van der Waals surface area (Å²) < 4.78 is 10.8. The molecular weight excluding hydrogens is 326 g/mol. The van der Waals surface area contributed by atoms with Crippen LogP contribution in [0.25, 0.3) is 11.1 Å². The van der Waals surface area contributed by atoms with Crippen molar-refractivity contribution in [2.45, 2.75) is 6.32 Å². The van der Waals surface area contributed by atoms with E-state index in [0.717, 1.165) is 23.4 Å². The van der Waals surface area contributed by atoms with Crippen LogP contribution in [0.2, 0.25) is 0 Å². The zero-order valence-electron chi connectivity index (χ0n) is 14.5. The van der Waals surface area contributed by atoms with Crippen molar-refractivity contribution in [3.05, 3.63) is 78.4 Å². The topological polar surface area (TPSA) is 18.5 Å². The molecule has 25 heavy (non-hydrogen) atoms. The first-order valence-corrected chi connectivity index (χ1v) is 9.33. The lowest BCUT2D eigenvalue weighted by Crippen LogP contribution is -2.04. The normalized spacial score (nSPS) is 10.8. The summed E-state index contributed by atoms with van der Waals surface area (Å²) in [5.74, 6) is 1.82. The van der Waals surface area contributed by atoms with Crippen molar-refractivity contribution in [3.63, 3.8) is 0 Å². The van der Waals surface area contributed by atoms with Crippen molar-refractivity contribution in [2.75, 3.05) is 14.2 Å². The van der Waals surface area contributed by atoms with Crippen LogP contribution in [-0.4, -0.2) is 21.2 Å². The van der Waals surface area contributed by atoms with Gasteiger partial charge in [-0.05, 0) is 35.4 Å². The van der Waals surface area contributed by atoms with Gasteiger partial charge in [-0.2, -0.15) is 0 Å². The second kappa shape index (κ2) is 8.73. The molecule has 0 saturated carbocycles. The molecule has 3 rings (SSSR count). The van der Waals surface area contributed by atoms with E-state index in [2.05, 4.69) is 55.5 Å². The first-order chi connectivity index (χ1) is 12.3. The maximum absolute atomic E-state index is 5.53. The zero-order chi connectivity index (χ0) is 17.5. The van der Waals surface area contributed by atoms with Gasteiger partial charge in [-0.1, -0.05) is 60.2 Å². The molecule has 0 aliphatic rings. The summed E-state index contributed by atoms with van der Waals surface area (Å²) in [5.41, 5.74) is 3.64. The molecule has 1 atom stereocenters. The fourth-order valence-electron chi connectivity index (χ4n) is 2.79. The minimum absolute atomic E-state index is 0.628. The molecule has 0 spiro atoms. The van der Waals surface area contributed by atoms with Crippen molar-refractivity contribution in [1.82, 2.24) is 0 Å². The van der Waals surface area contributed by atoms with Gasteiger partial charge in [0.2, 0.25) is 0 Å². The van der Waals surface area contributed by atoms with Gasteiger partial charge >= 0.3 is 0 Å². The second-order valence-electron chi connectivity index (χ2n) is 5.65. The summed E-state index contributed by atoms with van der Waals surface area (Å²) >= 11 is 0. The molecule has 0 bridgehead atoms. The van der Waals surface area contributed by atoms with Crippen molar-refractivity contribution >= 4 is 20.8 Å². The van der Waals surface area contributed by atoms with Crippen molar-refractivity contribution in [1.29, 1.82) is 0 Å². The van der Waals surface area contributed by atoms with Crippen LogP contribution in [0.3, 0.4) is 0 Å². The molecular formula is C21H21BO2P. The van der Waals surface area contributed by atoms with E-state index >= 15 is 0 Å². The number of para-hydroxylation sites is 1. The van der Waals surface area contributed by atoms with Gasteiger partial charge in [-0.15, -0.1) is 8.46 Å². The predicted octanol–water partition coefficient (Wildman–Crippen LogP) is 4.49. The van der Waals surface area contributed by atoms with E-state index in [4.69, 9.17) is 9.47 Å². The summed E-state index contributed by atoms with van der Waals surface area (Å²) in [5, 5.41) is 1.33. The number of ether oxygens (including phenoxy) is 2. The summed E-state index contributed by atoms with van der Waals surface area (Å²) in [4.78, 5) is 0. The molecule has 2 nitrogen and oxygen atoms in total. The zero-order valence-corrected chi connectivity index (χ0v) is 15.5. The van der Waals surface area contributed by atoms with E-state index in [1.54, 1.807) is 14.2 Å². The molecule has 0 aliphatic heterocycles. The molecule has 0 aromatic heterocycles. The Balaban J connectivity index is 1.75. The lowest BCUT2D eigenvalue weighted by atomic mass is 9.95. The van der Waals surface area contributed by atoms with Gasteiger partial charge in [0, 0.05) is 5.56 Å². The van der Waals surface area contributed by atoms with Crippen LogP contribution < -0.4 is 14.8 Å². The van der Waals surface area contributed by atoms with Gasteiger partial charge < -0.3 is 9.47 Å². The molecule has 0 aliphatic carbocycles. The van der Waals surface area contributed by atoms with Crippen LogP contribution >= 0.6 is 8.46 Å². The lowest BCUT2D eigenvalue weighted by Gasteiger charge is -2.13. The molecule has 0 N–H and O–H groups in total. The smallest absolute Gasteiger partial charge is 0.153 e. The maximum Gasteiger partial charge on any atom is 0.153 e. The van der Waals surface area contributed by atoms with Gasteiger partial charge in [0.25, 0.3) is 0 Å². The molecule has 1 radical (unpaired) electrons. The molecule has 1 unspecified atom stereocenters. The molecule has 0 amide bonds. The van der Waals surface area contributed by atoms with Gasteiger partial charge in [0.15, 0.2) is 7.00 Å². The van der Waals surface area contributed by atoms with Gasteiger partial charge in [-0.3, -0.25) is 0 Å². The van der Waals surface area contributed by atoms with Crippen LogP contribution in [-0.2, 0) is 6.32 Å². The molecule has 0 fully saturated rings. The fourth-order valence-corrected chi connectivity index (χ4v) is 3.91. The molecule has 3 aromatic rings. The molecule has 0 saturated heterocycles. The third-order valence-electron chi connectivity index (χ3n) is 4.05. The first-order valence-electron chi connectivity index (χ1n) is 8.25. The Labute approximate surface area is 152 Å². The monoisotopic (exact) mass is 347 g/mol. The summed E-state index contributed by atoms with van der Waals surface area (Å²) in [6.45, 7) is 2.34. The van der Waals surface area contributed by atoms with E-state index < -0.39 is 0 Å². The highest BCUT2D eigenvalue weighted by Gasteiger charge is 2.09. The van der Waals surface area contributed by atoms with E-state index in [1.807, 2.05) is 24.3 Å². The number of hydrogen-bond acceptors (Lipinski definition) is 2. The molecule has 0 heterocycles. The Morgan fingerprint density at radius 3 is 2.36 bits per heavy atom. The Morgan fingerprint density at radius 2 is 1.56 bits per heavy atom. The largest absolute Gasteiger partial charge is 0.497 e. The molecule has 3 aromatic carbocycles. The van der Waals surface area contributed by atoms with Crippen molar-refractivity contribution in [2.24, 2.45) is 0 Å². The van der Waals surface area contributed by atoms with E-state index in [1.165, 1.54) is 16.4 Å². The number of hydrogen-bond donors (Lipinski definition) is 0. The highest BCUT2D eigenvalue weighted by atomic mass is 31.1. The Hall–Kier alpha value is -2.25. The number of rotatable bonds is 7. The fraction of sp³-hybridized carbons (Fsp3) is 0.143. The second-order valence-corrected chi connectivity index (χ2v) is 6.89. The number of benzene rings is 3. The van der Waals surface area contributed by atoms with Crippen molar-refractivity contribution in [3.8, 4) is 22.6 Å². The SMILES string of the molecule is COc1cccc(C[B]Pc2ccccc2-c2ccccc2OC)c1. The van der Waals surface area contributed by atoms with Crippen LogP contribution in [0.1, 0.15) is 5.56 Å². The molecule has 125 valence electrons. The van der Waals surface area contributed by atoms with Gasteiger partial charge in [0.05, 0.1) is 14.2 Å². The van der Waals surface area contributed by atoms with Crippen molar-refractivity contribution < 1.29 is 9.47 Å². The third-order valence-corrected chi connectivity index (χ3v) is 5.21. The summed E-state index contributed by atoms with van der Waals surface area (Å²) in [6.07, 6.45) is 0.926. The van der Waals surface area contributed by atoms with E-state index in [9.17, 15) is 0 Å². The quantitative estimate of drug-likeness (QED) is 0.463. The van der Waals surface area contributed by atoms with Crippen LogP contribution in [0.15, 0.2) is 72.8 Å². The Kier molecular flexibility index (Phi) is 6.14. The van der Waals surface area contributed by atoms with Crippen LogP contribution in [0, 0.1) is 0 Å². The number of methoxy groups -OCH3 is 2. The van der Waals surface area contributed by atoms with Crippen LogP contribution in [0.4, 0.5) is 0 Å². The summed E-state index contributed by atoms with van der Waals surface area (Å²) in [7, 11) is 4.05. The first kappa shape index (κ1) is 17.6. The van der Waals surface area contributed by atoms with Crippen LogP contribution in [0.5, 0.6) is 11.5 Å². The Bertz CT molecular complexity index is 835. The Morgan fingerprint density at radius 1 is 0.800 bits per heavy atom. The maximum atomic E-state index is 5.53. The van der Waals surface area contributed by atoms with E-state index in [-0.39, 0.29) is 0 Å². The van der Waals surface area contributed by atoms with Gasteiger partial charge in [-0.25, -0.2) is 0 Å². The highest BCUT2D eigenvalue weighted by molar-refractivity contribution is 7.77. The molecule has 4 heteroatoms. The standard InChI is InChI=1S/C21H21BO2P/c1-23-17-9-7-8-16(14-17)15-22-25-21-13-6-4-11-19(21)18-10-3-5-12-20(18)24-2/h3-14,25H,15H2,1-2H3. The van der Waals surface area contributed by atoms with E-state index in [0.29, 0.717) is 8.46 Å². The van der Waals surface area contributed by atoms with Gasteiger partial charge in [0.1, 0.15) is 11.5 Å². The predicted molar refractivity (Wildman–Crippen MR) is 109 cm³/mol. The average molecular weight is 347 g/mol.